The van der Waals surface area contributed by atoms with E-state index < -0.39 is 6.04 Å². The molecule has 1 aliphatic heterocycles. The predicted octanol–water partition coefficient (Wildman–Crippen LogP) is 4.98. The van der Waals surface area contributed by atoms with Crippen LogP contribution in [0.25, 0.3) is 0 Å². The molecule has 5 rings (SSSR count). The lowest BCUT2D eigenvalue weighted by atomic mass is 9.85. The summed E-state index contributed by atoms with van der Waals surface area (Å²) in [6.07, 6.45) is 5.01. The summed E-state index contributed by atoms with van der Waals surface area (Å²) in [6.45, 7) is 0. The van der Waals surface area contributed by atoms with Crippen molar-refractivity contribution in [2.75, 3.05) is 5.32 Å². The van der Waals surface area contributed by atoms with E-state index in [1.165, 1.54) is 4.90 Å². The Morgan fingerprint density at radius 2 is 1.58 bits per heavy atom. The summed E-state index contributed by atoms with van der Waals surface area (Å²) in [5, 5.41) is 3.42. The summed E-state index contributed by atoms with van der Waals surface area (Å²) in [6, 6.07) is 13.6. The van der Waals surface area contributed by atoms with Gasteiger partial charge in [-0.15, -0.1) is 0 Å². The first-order valence-corrected chi connectivity index (χ1v) is 11.5. The number of nitrogens with zero attached hydrogens (tertiary/aromatic N) is 1. The lowest BCUT2D eigenvalue weighted by Crippen LogP contribution is -2.38. The first-order valence-electron chi connectivity index (χ1n) is 10.3. The van der Waals surface area contributed by atoms with E-state index >= 15 is 0 Å². The van der Waals surface area contributed by atoms with Crippen LogP contribution >= 0.6 is 27.5 Å². The number of nitrogens with one attached hydrogen (secondary N) is 1. The third-order valence-corrected chi connectivity index (χ3v) is 7.36. The van der Waals surface area contributed by atoms with Crippen molar-refractivity contribution < 1.29 is 14.4 Å². The Balaban J connectivity index is 1.43. The van der Waals surface area contributed by atoms with E-state index in [4.69, 9.17) is 11.6 Å². The van der Waals surface area contributed by atoms with E-state index in [2.05, 4.69) is 33.4 Å². The molecule has 0 spiro atoms. The van der Waals surface area contributed by atoms with Crippen LogP contribution in [0.1, 0.15) is 24.4 Å². The molecule has 0 aromatic heterocycles. The number of hydrogen-bond acceptors (Lipinski definition) is 3. The molecule has 5 atom stereocenters. The first kappa shape index (κ1) is 20.5. The van der Waals surface area contributed by atoms with Gasteiger partial charge in [-0.25, -0.2) is 0 Å². The number of carbonyl (C=O) groups is 3. The number of halogens is 2. The average molecular weight is 500 g/mol. The fraction of sp³-hybridized carbons (Fsp3) is 0.292. The fourth-order valence-corrected chi connectivity index (χ4v) is 5.59. The number of amides is 3. The molecule has 7 heteroatoms. The molecule has 158 valence electrons. The van der Waals surface area contributed by atoms with Gasteiger partial charge in [0.05, 0.1) is 24.3 Å². The van der Waals surface area contributed by atoms with Gasteiger partial charge in [0.25, 0.3) is 0 Å². The van der Waals surface area contributed by atoms with Crippen LogP contribution in [0.2, 0.25) is 5.02 Å². The number of likely N-dealkylation sites (tertiary alicyclic amines) is 1. The Morgan fingerprint density at radius 1 is 1.00 bits per heavy atom. The summed E-state index contributed by atoms with van der Waals surface area (Å²) in [4.78, 5) is 41.0. The molecule has 2 bridgehead atoms. The monoisotopic (exact) mass is 498 g/mol. The van der Waals surface area contributed by atoms with Gasteiger partial charge in [0, 0.05) is 15.2 Å². The zero-order valence-electron chi connectivity index (χ0n) is 16.5. The predicted molar refractivity (Wildman–Crippen MR) is 121 cm³/mol. The highest BCUT2D eigenvalue weighted by molar-refractivity contribution is 9.10. The van der Waals surface area contributed by atoms with E-state index in [1.807, 2.05) is 24.3 Å². The van der Waals surface area contributed by atoms with Crippen LogP contribution in [-0.2, 0) is 14.4 Å². The van der Waals surface area contributed by atoms with Gasteiger partial charge in [-0.05, 0) is 60.2 Å². The summed E-state index contributed by atoms with van der Waals surface area (Å²) in [7, 11) is 0. The molecule has 31 heavy (non-hydrogen) atoms. The number of allylic oxidation sites excluding steroid dienone is 2. The molecule has 1 saturated heterocycles. The van der Waals surface area contributed by atoms with E-state index in [1.54, 1.807) is 24.3 Å². The molecular weight excluding hydrogens is 480 g/mol. The molecule has 2 aromatic carbocycles. The Labute approximate surface area is 193 Å². The van der Waals surface area contributed by atoms with Crippen LogP contribution in [-0.4, -0.2) is 22.6 Å². The molecule has 1 saturated carbocycles. The van der Waals surface area contributed by atoms with Crippen molar-refractivity contribution in [2.45, 2.75) is 18.9 Å². The fourth-order valence-electron chi connectivity index (χ4n) is 5.20. The maximum absolute atomic E-state index is 13.4. The molecule has 5 nitrogen and oxygen atoms in total. The highest BCUT2D eigenvalue weighted by atomic mass is 79.9. The highest BCUT2D eigenvalue weighted by Gasteiger charge is 2.60. The van der Waals surface area contributed by atoms with Crippen molar-refractivity contribution in [1.29, 1.82) is 0 Å². The SMILES string of the molecule is O=C(CC(c1ccc(Br)cc1)N1C(=O)C2C3C=CC(C3)C2C1=O)Nc1ccc(Cl)cc1. The van der Waals surface area contributed by atoms with Crippen LogP contribution in [0.5, 0.6) is 0 Å². The minimum absolute atomic E-state index is 0.00998. The second-order valence-corrected chi connectivity index (χ2v) is 9.73. The Morgan fingerprint density at radius 3 is 2.16 bits per heavy atom. The van der Waals surface area contributed by atoms with Gasteiger partial charge in [-0.2, -0.15) is 0 Å². The smallest absolute Gasteiger partial charge is 0.234 e. The van der Waals surface area contributed by atoms with E-state index in [9.17, 15) is 14.4 Å². The molecule has 0 radical (unpaired) electrons. The third kappa shape index (κ3) is 3.62. The summed E-state index contributed by atoms with van der Waals surface area (Å²) in [5.74, 6) is -0.901. The molecule has 2 fully saturated rings. The van der Waals surface area contributed by atoms with Gasteiger partial charge in [0.2, 0.25) is 17.7 Å². The molecule has 3 amide bonds. The Bertz CT molecular complexity index is 1050. The minimum Gasteiger partial charge on any atom is -0.326 e. The van der Waals surface area contributed by atoms with E-state index in [0.717, 1.165) is 16.5 Å². The number of carbonyl (C=O) groups excluding carboxylic acids is 3. The molecule has 2 aliphatic carbocycles. The maximum Gasteiger partial charge on any atom is 0.234 e. The van der Waals surface area contributed by atoms with Crippen molar-refractivity contribution in [2.24, 2.45) is 23.7 Å². The number of benzene rings is 2. The van der Waals surface area contributed by atoms with Gasteiger partial charge >= 0.3 is 0 Å². The quantitative estimate of drug-likeness (QED) is 0.466. The van der Waals surface area contributed by atoms with Crippen LogP contribution < -0.4 is 5.32 Å². The summed E-state index contributed by atoms with van der Waals surface area (Å²) >= 11 is 9.34. The standard InChI is InChI=1S/C24H20BrClN2O3/c25-16-5-3-13(4-6-16)19(12-20(29)27-18-9-7-17(26)8-10-18)28-23(30)21-14-1-2-15(11-14)22(21)24(28)31/h1-10,14-15,19,21-22H,11-12H2,(H,27,29). The third-order valence-electron chi connectivity index (χ3n) is 6.58. The van der Waals surface area contributed by atoms with Crippen molar-refractivity contribution in [3.8, 4) is 0 Å². The number of hydrogen-bond donors (Lipinski definition) is 1. The van der Waals surface area contributed by atoms with Gasteiger partial charge in [-0.3, -0.25) is 19.3 Å². The zero-order valence-corrected chi connectivity index (χ0v) is 18.8. The molecule has 1 heterocycles. The van der Waals surface area contributed by atoms with Gasteiger partial charge in [0.1, 0.15) is 0 Å². The number of imide groups is 1. The average Bonchev–Trinajstić information content (AvgIpc) is 3.43. The first-order chi connectivity index (χ1) is 14.9. The van der Waals surface area contributed by atoms with Crippen molar-refractivity contribution in [3.63, 3.8) is 0 Å². The van der Waals surface area contributed by atoms with Crippen LogP contribution in [0.4, 0.5) is 5.69 Å². The Kier molecular flexibility index (Phi) is 5.22. The molecule has 2 aromatic rings. The normalized spacial score (nSPS) is 27.0. The summed E-state index contributed by atoms with van der Waals surface area (Å²) in [5.41, 5.74) is 1.37. The number of rotatable bonds is 5. The lowest BCUT2D eigenvalue weighted by molar-refractivity contribution is -0.144. The zero-order chi connectivity index (χ0) is 21.7. The second kappa shape index (κ2) is 7.92. The Hall–Kier alpha value is -2.44. The number of fused-ring (bicyclic) bond motifs is 5. The summed E-state index contributed by atoms with van der Waals surface area (Å²) < 4.78 is 0.888. The van der Waals surface area contributed by atoms with Gasteiger partial charge < -0.3 is 5.32 Å². The number of anilines is 1. The molecule has 3 aliphatic rings. The highest BCUT2D eigenvalue weighted by Crippen LogP contribution is 2.54. The van der Waals surface area contributed by atoms with Crippen LogP contribution in [0, 0.1) is 23.7 Å². The van der Waals surface area contributed by atoms with Crippen LogP contribution in [0.15, 0.2) is 65.2 Å². The van der Waals surface area contributed by atoms with E-state index in [-0.39, 0.29) is 47.8 Å². The van der Waals surface area contributed by atoms with Crippen molar-refractivity contribution in [3.05, 3.63) is 75.7 Å². The molecule has 5 unspecified atom stereocenters. The van der Waals surface area contributed by atoms with Gasteiger partial charge in [0.15, 0.2) is 0 Å². The van der Waals surface area contributed by atoms with E-state index in [0.29, 0.717) is 10.7 Å². The topological polar surface area (TPSA) is 66.5 Å². The molecular formula is C24H20BrClN2O3. The van der Waals surface area contributed by atoms with Crippen molar-refractivity contribution >= 4 is 50.9 Å². The largest absolute Gasteiger partial charge is 0.326 e. The van der Waals surface area contributed by atoms with Crippen molar-refractivity contribution in [1.82, 2.24) is 4.90 Å². The lowest BCUT2D eigenvalue weighted by Gasteiger charge is -2.28. The van der Waals surface area contributed by atoms with Gasteiger partial charge in [-0.1, -0.05) is 51.8 Å². The molecule has 1 N–H and O–H groups in total. The minimum atomic E-state index is -0.648. The maximum atomic E-state index is 13.4. The van der Waals surface area contributed by atoms with Crippen LogP contribution in [0.3, 0.4) is 0 Å². The second-order valence-electron chi connectivity index (χ2n) is 8.37.